The van der Waals surface area contributed by atoms with Gasteiger partial charge in [0.1, 0.15) is 18.9 Å². The first-order valence-electron chi connectivity index (χ1n) is 16.4. The number of aromatic nitrogens is 2. The van der Waals surface area contributed by atoms with Gasteiger partial charge in [-0.05, 0) is 86.2 Å². The predicted molar refractivity (Wildman–Crippen MR) is 163 cm³/mol. The van der Waals surface area contributed by atoms with Crippen LogP contribution in [0.2, 0.25) is 0 Å². The van der Waals surface area contributed by atoms with Gasteiger partial charge in [-0.15, -0.1) is 0 Å². The molecule has 1 N–H and O–H groups in total. The van der Waals surface area contributed by atoms with Crippen LogP contribution in [0, 0.1) is 33.3 Å². The zero-order valence-electron chi connectivity index (χ0n) is 27.1. The quantitative estimate of drug-likeness (QED) is 0.160. The summed E-state index contributed by atoms with van der Waals surface area (Å²) in [7, 11) is -4.25. The van der Waals surface area contributed by atoms with E-state index in [1.165, 1.54) is 24.3 Å². The van der Waals surface area contributed by atoms with Gasteiger partial charge in [-0.1, -0.05) is 38.5 Å². The molecule has 7 atom stereocenters. The van der Waals surface area contributed by atoms with Crippen LogP contribution in [-0.4, -0.2) is 63.2 Å². The van der Waals surface area contributed by atoms with Crippen molar-refractivity contribution in [1.82, 2.24) is 10.5 Å². The minimum atomic E-state index is -4.25. The van der Waals surface area contributed by atoms with Gasteiger partial charge in [0.15, 0.2) is 0 Å². The first-order valence-corrected chi connectivity index (χ1v) is 17.9. The third kappa shape index (κ3) is 5.60. The molecule has 1 aliphatic heterocycles. The first-order chi connectivity index (χ1) is 22.3. The van der Waals surface area contributed by atoms with Crippen LogP contribution in [-0.2, 0) is 33.7 Å². The van der Waals surface area contributed by atoms with E-state index in [0.717, 1.165) is 57.7 Å². The van der Waals surface area contributed by atoms with E-state index in [2.05, 4.69) is 28.9 Å². The van der Waals surface area contributed by atoms with Crippen molar-refractivity contribution in [1.29, 1.82) is 0 Å². The number of rotatable bonds is 11. The molecule has 1 aromatic carbocycles. The highest BCUT2D eigenvalue weighted by atomic mass is 32.2. The molecule has 1 aromatic heterocycles. The van der Waals surface area contributed by atoms with Gasteiger partial charge in [0.25, 0.3) is 9.84 Å². The van der Waals surface area contributed by atoms with Crippen molar-refractivity contribution >= 4 is 28.0 Å². The number of nitrogens with one attached hydrogen (secondary N) is 1. The summed E-state index contributed by atoms with van der Waals surface area (Å²) in [6.07, 6.45) is 7.87. The highest BCUT2D eigenvalue weighted by Crippen LogP contribution is 2.71. The lowest BCUT2D eigenvalue weighted by atomic mass is 9.39. The van der Waals surface area contributed by atoms with Crippen molar-refractivity contribution in [3.8, 4) is 5.88 Å². The fourth-order valence-electron chi connectivity index (χ4n) is 9.75. The molecule has 1 spiro atoms. The van der Waals surface area contributed by atoms with Crippen molar-refractivity contribution < 1.29 is 46.5 Å². The first kappa shape index (κ1) is 33.4. The molecule has 47 heavy (non-hydrogen) atoms. The van der Waals surface area contributed by atoms with Crippen LogP contribution >= 0.6 is 0 Å². The van der Waals surface area contributed by atoms with Crippen molar-refractivity contribution in [2.45, 2.75) is 100 Å². The lowest BCUT2D eigenvalue weighted by Crippen LogP contribution is -2.62. The molecule has 4 aliphatic rings. The van der Waals surface area contributed by atoms with Crippen LogP contribution in [0.25, 0.3) is 0 Å². The molecule has 1 amide bonds. The van der Waals surface area contributed by atoms with Crippen LogP contribution in [0.5, 0.6) is 5.88 Å². The standard InChI is InChI=1S/C33H43N3O10S/c1-30-15-11-24-31(2)13-7-14-32(3,23(31)12-16-33(24,21-30)25(20-37)45-30)29(39)34-19-26(38)43-17-8-18-44-27-28(36(40)46-35-27)47(41,42)22-9-5-4-6-10-22/h4-6,9-10,20,23-25H,7-8,11-19,21H2,1-3H3,(H,34,39)/t23-,24-,25?,30-,31+,32+,33-/m0/s1. The topological polar surface area (TPSA) is 178 Å². The Morgan fingerprint density at radius 2 is 1.83 bits per heavy atom. The summed E-state index contributed by atoms with van der Waals surface area (Å²) in [5, 5.41) is 17.5. The van der Waals surface area contributed by atoms with Crippen LogP contribution in [0.4, 0.5) is 0 Å². The van der Waals surface area contributed by atoms with E-state index in [4.69, 9.17) is 14.2 Å². The number of hydrogen-bond acceptors (Lipinski definition) is 11. The van der Waals surface area contributed by atoms with Gasteiger partial charge in [-0.25, -0.2) is 8.42 Å². The van der Waals surface area contributed by atoms with Gasteiger partial charge in [0.05, 0.1) is 28.9 Å². The zero-order valence-corrected chi connectivity index (χ0v) is 27.9. The van der Waals surface area contributed by atoms with Gasteiger partial charge in [0.2, 0.25) is 5.91 Å². The average molecular weight is 674 g/mol. The molecule has 1 saturated heterocycles. The maximum atomic E-state index is 13.7. The Hall–Kier alpha value is -3.52. The van der Waals surface area contributed by atoms with Crippen molar-refractivity contribution in [2.75, 3.05) is 19.8 Å². The van der Waals surface area contributed by atoms with E-state index < -0.39 is 38.2 Å². The fourth-order valence-corrected chi connectivity index (χ4v) is 11.0. The highest BCUT2D eigenvalue weighted by Gasteiger charge is 2.69. The molecule has 13 nitrogen and oxygen atoms in total. The molecular weight excluding hydrogens is 630 g/mol. The number of nitrogens with zero attached hydrogens (tertiary/aromatic N) is 2. The SMILES string of the molecule is C[C@]12CC[C@@H]3[C@](CC[C@H]4[C@@]3(C)CCC[C@@]4(C)C(=O)NCC(=O)OCCCOc3no[n+]([O-])c3S(=O)(=O)c3ccccc3)(C1)C(C=O)O2. The summed E-state index contributed by atoms with van der Waals surface area (Å²) < 4.78 is 47.2. The smallest absolute Gasteiger partial charge is 0.414 e. The number of carbonyl (C=O) groups excluding carboxylic acids is 3. The normalized spacial score (nSPS) is 34.5. The number of aldehydes is 1. The summed E-state index contributed by atoms with van der Waals surface area (Å²) in [4.78, 5) is 38.1. The Morgan fingerprint density at radius 1 is 1.09 bits per heavy atom. The van der Waals surface area contributed by atoms with Gasteiger partial charge in [0, 0.05) is 17.3 Å². The predicted octanol–water partition coefficient (Wildman–Crippen LogP) is 3.32. The van der Waals surface area contributed by atoms with Crippen LogP contribution < -0.4 is 15.0 Å². The Morgan fingerprint density at radius 3 is 2.57 bits per heavy atom. The zero-order chi connectivity index (χ0) is 33.7. The van der Waals surface area contributed by atoms with Gasteiger partial charge in [-0.2, -0.15) is 0 Å². The van der Waals surface area contributed by atoms with Crippen molar-refractivity contribution in [3.63, 3.8) is 0 Å². The number of ether oxygens (including phenoxy) is 3. The molecule has 2 aromatic rings. The minimum absolute atomic E-state index is 0.0642. The van der Waals surface area contributed by atoms with E-state index in [1.807, 2.05) is 6.92 Å². The second-order valence-electron chi connectivity index (χ2n) is 14.5. The second kappa shape index (κ2) is 12.2. The Bertz CT molecular complexity index is 1630. The van der Waals surface area contributed by atoms with Crippen molar-refractivity contribution in [3.05, 3.63) is 35.5 Å². The number of fused-ring (bicyclic) bond motifs is 3. The molecular formula is C33H43N3O10S. The van der Waals surface area contributed by atoms with E-state index in [9.17, 15) is 28.0 Å². The van der Waals surface area contributed by atoms with E-state index in [0.29, 0.717) is 5.92 Å². The monoisotopic (exact) mass is 673 g/mol. The molecule has 4 fully saturated rings. The molecule has 14 heteroatoms. The highest BCUT2D eigenvalue weighted by molar-refractivity contribution is 7.91. The number of benzene rings is 1. The molecule has 6 rings (SSSR count). The largest absolute Gasteiger partial charge is 0.464 e. The molecule has 2 bridgehead atoms. The minimum Gasteiger partial charge on any atom is -0.464 e. The van der Waals surface area contributed by atoms with Crippen molar-refractivity contribution in [2.24, 2.45) is 28.1 Å². The number of hydrogen-bond donors (Lipinski definition) is 1. The number of amides is 1. The van der Waals surface area contributed by atoms with Crippen LogP contribution in [0.1, 0.15) is 78.6 Å². The Balaban J connectivity index is 1.00. The lowest BCUT2D eigenvalue weighted by molar-refractivity contribution is -0.832. The molecule has 256 valence electrons. The third-order valence-corrected chi connectivity index (χ3v) is 13.4. The average Bonchev–Trinajstić information content (AvgIpc) is 3.52. The maximum Gasteiger partial charge on any atom is 0.414 e. The summed E-state index contributed by atoms with van der Waals surface area (Å²) in [5.41, 5.74) is -1.21. The summed E-state index contributed by atoms with van der Waals surface area (Å²) >= 11 is 0. The fraction of sp³-hybridized carbons (Fsp3) is 0.667. The van der Waals surface area contributed by atoms with Gasteiger partial charge < -0.3 is 29.5 Å². The van der Waals surface area contributed by atoms with E-state index >= 15 is 0 Å². The second-order valence-corrected chi connectivity index (χ2v) is 16.3. The molecule has 1 unspecified atom stereocenters. The van der Waals surface area contributed by atoms with Crippen LogP contribution in [0.15, 0.2) is 44.9 Å². The number of sulfone groups is 1. The van der Waals surface area contributed by atoms with Gasteiger partial charge in [-0.3, -0.25) is 14.2 Å². The maximum absolute atomic E-state index is 13.7. The molecule has 3 saturated carbocycles. The summed E-state index contributed by atoms with van der Waals surface area (Å²) in [5.74, 6) is -0.857. The molecule has 0 radical (unpaired) electrons. The van der Waals surface area contributed by atoms with Crippen LogP contribution in [0.3, 0.4) is 0 Å². The van der Waals surface area contributed by atoms with Gasteiger partial charge >= 0.3 is 16.9 Å². The van der Waals surface area contributed by atoms with E-state index in [-0.39, 0.29) is 64.2 Å². The third-order valence-electron chi connectivity index (χ3n) is 11.7. The Labute approximate surface area is 274 Å². The molecule has 2 heterocycles. The lowest BCUT2D eigenvalue weighted by Gasteiger charge is -2.64. The Kier molecular flexibility index (Phi) is 8.65. The summed E-state index contributed by atoms with van der Waals surface area (Å²) in [6, 6.07) is 7.34. The number of carbonyl (C=O) groups is 3. The van der Waals surface area contributed by atoms with E-state index in [1.54, 1.807) is 6.07 Å². The molecule has 3 aliphatic carbocycles. The summed E-state index contributed by atoms with van der Waals surface area (Å²) in [6.45, 7) is 5.99. The number of esters is 1.